The van der Waals surface area contributed by atoms with E-state index in [1.165, 1.54) is 11.5 Å². The second kappa shape index (κ2) is 7.06. The van der Waals surface area contributed by atoms with Gasteiger partial charge in [-0.1, -0.05) is 23.2 Å². The fourth-order valence-electron chi connectivity index (χ4n) is 1.29. The van der Waals surface area contributed by atoms with Gasteiger partial charge >= 0.3 is 0 Å². The number of rotatable bonds is 6. The van der Waals surface area contributed by atoms with Gasteiger partial charge in [-0.3, -0.25) is 0 Å². The van der Waals surface area contributed by atoms with Crippen molar-refractivity contribution < 1.29 is 0 Å². The molecule has 0 radical (unpaired) electrons. The zero-order valence-corrected chi connectivity index (χ0v) is 13.1. The summed E-state index contributed by atoms with van der Waals surface area (Å²) in [6.07, 6.45) is 2.89. The predicted octanol–water partition coefficient (Wildman–Crippen LogP) is 3.81. The second-order valence-electron chi connectivity index (χ2n) is 3.55. The third kappa shape index (κ3) is 3.66. The molecule has 0 bridgehead atoms. The van der Waals surface area contributed by atoms with Crippen molar-refractivity contribution in [2.24, 2.45) is 0 Å². The average Bonchev–Trinajstić information content (AvgIpc) is 2.83. The largest absolute Gasteiger partial charge is 0.374 e. The molecule has 0 saturated carbocycles. The number of nitrogens with zero attached hydrogens (tertiary/aromatic N) is 3. The van der Waals surface area contributed by atoms with Crippen LogP contribution in [0.5, 0.6) is 0 Å². The first kappa shape index (κ1) is 13.8. The number of thioether (sulfide) groups is 1. The van der Waals surface area contributed by atoms with E-state index in [1.807, 2.05) is 12.1 Å². The molecule has 7 heteroatoms. The molecule has 0 aliphatic carbocycles. The molecule has 2 heterocycles. The zero-order chi connectivity index (χ0) is 12.8. The smallest absolute Gasteiger partial charge is 0.134 e. The van der Waals surface area contributed by atoms with E-state index in [-0.39, 0.29) is 0 Å². The van der Waals surface area contributed by atoms with E-state index in [2.05, 4.69) is 42.7 Å². The minimum absolute atomic E-state index is 0.776. The van der Waals surface area contributed by atoms with Gasteiger partial charge in [0.2, 0.25) is 0 Å². The summed E-state index contributed by atoms with van der Waals surface area (Å²) in [6, 6.07) is 3.90. The highest BCUT2D eigenvalue weighted by Crippen LogP contribution is 2.30. The summed E-state index contributed by atoms with van der Waals surface area (Å²) < 4.78 is 5.01. The quantitative estimate of drug-likeness (QED) is 0.807. The summed E-state index contributed by atoms with van der Waals surface area (Å²) in [5.74, 6) is 0.776. The van der Waals surface area contributed by atoms with Gasteiger partial charge in [0.1, 0.15) is 15.7 Å². The molecule has 1 N–H and O–H groups in total. The summed E-state index contributed by atoms with van der Waals surface area (Å²) in [5.41, 5.74) is 0.996. The number of pyridine rings is 1. The van der Waals surface area contributed by atoms with Gasteiger partial charge in [0.05, 0.1) is 0 Å². The molecule has 0 unspecified atom stereocenters. The number of halogens is 1. The lowest BCUT2D eigenvalue weighted by atomic mass is 10.4. The summed E-state index contributed by atoms with van der Waals surface area (Å²) in [7, 11) is 0. The van der Waals surface area contributed by atoms with Crippen LogP contribution in [0, 0.1) is 0 Å². The van der Waals surface area contributed by atoms with Crippen LogP contribution in [-0.2, 0) is 5.75 Å². The first-order valence-corrected chi connectivity index (χ1v) is 8.15. The van der Waals surface area contributed by atoms with E-state index in [0.717, 1.165) is 38.9 Å². The molecule has 0 aliphatic rings. The summed E-state index contributed by atoms with van der Waals surface area (Å²) in [4.78, 5) is 4.32. The monoisotopic (exact) mass is 344 g/mol. The van der Waals surface area contributed by atoms with E-state index in [9.17, 15) is 0 Å². The topological polar surface area (TPSA) is 50.7 Å². The van der Waals surface area contributed by atoms with Gasteiger partial charge in [-0.05, 0) is 34.5 Å². The highest BCUT2D eigenvalue weighted by atomic mass is 79.9. The maximum Gasteiger partial charge on any atom is 0.134 e. The molecule has 2 aromatic rings. The molecule has 18 heavy (non-hydrogen) atoms. The Kier molecular flexibility index (Phi) is 5.40. The summed E-state index contributed by atoms with van der Waals surface area (Å²) >= 11 is 6.56. The molecular formula is C11H13BrN4S2. The average molecular weight is 345 g/mol. The Morgan fingerprint density at radius 2 is 2.39 bits per heavy atom. The molecule has 96 valence electrons. The maximum absolute atomic E-state index is 4.32. The van der Waals surface area contributed by atoms with Crippen LogP contribution >= 0.6 is 39.2 Å². The lowest BCUT2D eigenvalue weighted by Crippen LogP contribution is -2.00. The summed E-state index contributed by atoms with van der Waals surface area (Å²) in [5, 5.41) is 9.54. The third-order valence-electron chi connectivity index (χ3n) is 2.16. The SMILES string of the molecule is CCCNc1snnc1CSc1ncccc1Br. The number of aromatic nitrogens is 3. The van der Waals surface area contributed by atoms with E-state index in [4.69, 9.17) is 0 Å². The standard InChI is InChI=1S/C11H13BrN4S2/c1-2-5-13-11-9(15-16-18-11)7-17-10-8(12)4-3-6-14-10/h3-4,6,13H,2,5,7H2,1H3. The molecule has 0 aromatic carbocycles. The Bertz CT molecular complexity index is 503. The minimum Gasteiger partial charge on any atom is -0.374 e. The van der Waals surface area contributed by atoms with Crippen molar-refractivity contribution in [2.75, 3.05) is 11.9 Å². The van der Waals surface area contributed by atoms with Crippen molar-refractivity contribution in [3.63, 3.8) is 0 Å². The fourth-order valence-corrected chi connectivity index (χ4v) is 3.40. The van der Waals surface area contributed by atoms with Crippen molar-refractivity contribution in [2.45, 2.75) is 24.1 Å². The van der Waals surface area contributed by atoms with Crippen LogP contribution in [0.3, 0.4) is 0 Å². The number of nitrogens with one attached hydrogen (secondary N) is 1. The molecule has 0 saturated heterocycles. The number of hydrogen-bond donors (Lipinski definition) is 1. The van der Waals surface area contributed by atoms with Crippen molar-refractivity contribution in [1.82, 2.24) is 14.6 Å². The molecule has 4 nitrogen and oxygen atoms in total. The van der Waals surface area contributed by atoms with Crippen LogP contribution in [-0.4, -0.2) is 21.1 Å². The molecule has 2 aromatic heterocycles. The first-order chi connectivity index (χ1) is 8.81. The highest BCUT2D eigenvalue weighted by molar-refractivity contribution is 9.10. The van der Waals surface area contributed by atoms with Crippen LogP contribution in [0.1, 0.15) is 19.0 Å². The van der Waals surface area contributed by atoms with Gasteiger partial charge in [0.25, 0.3) is 0 Å². The van der Waals surface area contributed by atoms with Crippen LogP contribution < -0.4 is 5.32 Å². The zero-order valence-electron chi connectivity index (χ0n) is 9.89. The lowest BCUT2D eigenvalue weighted by Gasteiger charge is -2.04. The van der Waals surface area contributed by atoms with E-state index in [1.54, 1.807) is 18.0 Å². The Hall–Kier alpha value is -0.660. The van der Waals surface area contributed by atoms with Crippen LogP contribution in [0.4, 0.5) is 5.00 Å². The molecule has 0 atom stereocenters. The Morgan fingerprint density at radius 1 is 1.50 bits per heavy atom. The maximum atomic E-state index is 4.32. The van der Waals surface area contributed by atoms with Crippen molar-refractivity contribution in [3.05, 3.63) is 28.5 Å². The van der Waals surface area contributed by atoms with E-state index < -0.39 is 0 Å². The van der Waals surface area contributed by atoms with Crippen molar-refractivity contribution in [3.8, 4) is 0 Å². The van der Waals surface area contributed by atoms with Crippen LogP contribution in [0.25, 0.3) is 0 Å². The Morgan fingerprint density at radius 3 is 3.17 bits per heavy atom. The minimum atomic E-state index is 0.776. The highest BCUT2D eigenvalue weighted by Gasteiger charge is 2.09. The van der Waals surface area contributed by atoms with E-state index in [0.29, 0.717) is 0 Å². The second-order valence-corrected chi connectivity index (χ2v) is 6.13. The van der Waals surface area contributed by atoms with Crippen LogP contribution in [0.2, 0.25) is 0 Å². The van der Waals surface area contributed by atoms with Crippen molar-refractivity contribution >= 4 is 44.2 Å². The Balaban J connectivity index is 1.98. The Labute approximate surface area is 123 Å². The molecule has 0 aliphatic heterocycles. The summed E-state index contributed by atoms with van der Waals surface area (Å²) in [6.45, 7) is 3.09. The normalized spacial score (nSPS) is 10.6. The van der Waals surface area contributed by atoms with Gasteiger partial charge < -0.3 is 5.32 Å². The number of anilines is 1. The molecule has 0 spiro atoms. The van der Waals surface area contributed by atoms with Gasteiger partial charge in [0.15, 0.2) is 0 Å². The molecule has 0 amide bonds. The van der Waals surface area contributed by atoms with Crippen LogP contribution in [0.15, 0.2) is 27.8 Å². The van der Waals surface area contributed by atoms with Crippen molar-refractivity contribution in [1.29, 1.82) is 0 Å². The fraction of sp³-hybridized carbons (Fsp3) is 0.364. The van der Waals surface area contributed by atoms with E-state index >= 15 is 0 Å². The third-order valence-corrected chi connectivity index (χ3v) is 4.81. The van der Waals surface area contributed by atoms with Gasteiger partial charge in [0, 0.05) is 34.5 Å². The number of hydrogen-bond acceptors (Lipinski definition) is 6. The predicted molar refractivity (Wildman–Crippen MR) is 80.2 cm³/mol. The molecule has 0 fully saturated rings. The lowest BCUT2D eigenvalue weighted by molar-refractivity contribution is 0.976. The van der Waals surface area contributed by atoms with Gasteiger partial charge in [-0.25, -0.2) is 4.98 Å². The first-order valence-electron chi connectivity index (χ1n) is 5.59. The molecular weight excluding hydrogens is 332 g/mol. The van der Waals surface area contributed by atoms with Gasteiger partial charge in [-0.2, -0.15) is 0 Å². The molecule has 2 rings (SSSR count). The van der Waals surface area contributed by atoms with Gasteiger partial charge in [-0.15, -0.1) is 5.10 Å².